The second-order valence-corrected chi connectivity index (χ2v) is 5.74. The highest BCUT2D eigenvalue weighted by atomic mass is 16.2. The quantitative estimate of drug-likeness (QED) is 0.576. The molecule has 1 amide bonds. The molecule has 0 saturated heterocycles. The minimum Gasteiger partial charge on any atom is -0.267 e. The predicted molar refractivity (Wildman–Crippen MR) is 96.5 cm³/mol. The number of carbonyl (C=O) groups is 1. The van der Waals surface area contributed by atoms with Crippen LogP contribution in [0.15, 0.2) is 59.8 Å². The van der Waals surface area contributed by atoms with Gasteiger partial charge < -0.3 is 0 Å². The molecule has 6 heteroatoms. The van der Waals surface area contributed by atoms with E-state index >= 15 is 0 Å². The van der Waals surface area contributed by atoms with Gasteiger partial charge in [-0.05, 0) is 49.7 Å². The maximum atomic E-state index is 12.1. The van der Waals surface area contributed by atoms with Crippen LogP contribution in [0.4, 0.5) is 0 Å². The van der Waals surface area contributed by atoms with Crippen LogP contribution in [0.5, 0.6) is 0 Å². The summed E-state index contributed by atoms with van der Waals surface area (Å²) in [6, 6.07) is 15.0. The van der Waals surface area contributed by atoms with Gasteiger partial charge in [-0.15, -0.1) is 0 Å². The standard InChI is InChI=1S/C19H19N5O/c1-14-11-15(2)24(23-14)13-16-6-8-17(9-7-16)19(25)22-21-12-18-5-3-4-10-20-18/h3-12H,13H2,1-2H3,(H,22,25)/b21-12-. The fourth-order valence-electron chi connectivity index (χ4n) is 2.44. The van der Waals surface area contributed by atoms with E-state index in [1.165, 1.54) is 6.21 Å². The molecule has 0 saturated carbocycles. The molecule has 6 nitrogen and oxygen atoms in total. The van der Waals surface area contributed by atoms with E-state index in [1.807, 2.05) is 54.9 Å². The van der Waals surface area contributed by atoms with Crippen LogP contribution in [0.25, 0.3) is 0 Å². The zero-order chi connectivity index (χ0) is 17.6. The molecule has 3 aromatic rings. The molecule has 2 aromatic heterocycles. The molecule has 0 bridgehead atoms. The Morgan fingerprint density at radius 3 is 2.64 bits per heavy atom. The fraction of sp³-hybridized carbons (Fsp3) is 0.158. The van der Waals surface area contributed by atoms with Crippen LogP contribution >= 0.6 is 0 Å². The highest BCUT2D eigenvalue weighted by molar-refractivity contribution is 5.94. The number of aryl methyl sites for hydroxylation is 2. The van der Waals surface area contributed by atoms with Gasteiger partial charge >= 0.3 is 0 Å². The number of nitrogens with zero attached hydrogens (tertiary/aromatic N) is 4. The van der Waals surface area contributed by atoms with Gasteiger partial charge in [-0.3, -0.25) is 14.5 Å². The molecule has 2 heterocycles. The lowest BCUT2D eigenvalue weighted by Crippen LogP contribution is -2.17. The first-order valence-corrected chi connectivity index (χ1v) is 7.96. The zero-order valence-corrected chi connectivity index (χ0v) is 14.2. The van der Waals surface area contributed by atoms with Crippen LogP contribution in [0.2, 0.25) is 0 Å². The number of carbonyl (C=O) groups excluding carboxylic acids is 1. The Morgan fingerprint density at radius 2 is 2.00 bits per heavy atom. The van der Waals surface area contributed by atoms with Gasteiger partial charge in [0, 0.05) is 17.5 Å². The summed E-state index contributed by atoms with van der Waals surface area (Å²) >= 11 is 0. The highest BCUT2D eigenvalue weighted by Crippen LogP contribution is 2.09. The predicted octanol–water partition coefficient (Wildman–Crippen LogP) is 2.71. The number of amides is 1. The van der Waals surface area contributed by atoms with E-state index in [0.29, 0.717) is 17.8 Å². The Bertz CT molecular complexity index is 882. The molecule has 0 aliphatic carbocycles. The lowest BCUT2D eigenvalue weighted by molar-refractivity contribution is 0.0955. The van der Waals surface area contributed by atoms with Gasteiger partial charge in [0.05, 0.1) is 24.1 Å². The maximum absolute atomic E-state index is 12.1. The van der Waals surface area contributed by atoms with Crippen molar-refractivity contribution in [2.75, 3.05) is 0 Å². The highest BCUT2D eigenvalue weighted by Gasteiger charge is 2.06. The third kappa shape index (κ3) is 4.38. The molecule has 0 fully saturated rings. The summed E-state index contributed by atoms with van der Waals surface area (Å²) in [6.45, 7) is 4.68. The lowest BCUT2D eigenvalue weighted by Gasteiger charge is -2.06. The van der Waals surface area contributed by atoms with Gasteiger partial charge in [-0.1, -0.05) is 18.2 Å². The van der Waals surface area contributed by atoms with Crippen molar-refractivity contribution in [1.29, 1.82) is 0 Å². The smallest absolute Gasteiger partial charge is 0.267 e. The zero-order valence-electron chi connectivity index (χ0n) is 14.2. The minimum atomic E-state index is -0.259. The summed E-state index contributed by atoms with van der Waals surface area (Å²) in [5, 5.41) is 8.37. The Labute approximate surface area is 146 Å². The Balaban J connectivity index is 1.60. The maximum Gasteiger partial charge on any atom is 0.271 e. The largest absolute Gasteiger partial charge is 0.271 e. The average molecular weight is 333 g/mol. The van der Waals surface area contributed by atoms with Gasteiger partial charge in [0.15, 0.2) is 0 Å². The van der Waals surface area contributed by atoms with E-state index in [2.05, 4.69) is 20.6 Å². The van der Waals surface area contributed by atoms with E-state index in [-0.39, 0.29) is 5.91 Å². The molecule has 0 aliphatic heterocycles. The number of nitrogens with one attached hydrogen (secondary N) is 1. The SMILES string of the molecule is Cc1cc(C)n(Cc2ccc(C(=O)N/N=C\c3ccccn3)cc2)n1. The third-order valence-electron chi connectivity index (χ3n) is 3.70. The molecule has 0 radical (unpaired) electrons. The number of hydrogen-bond donors (Lipinski definition) is 1. The number of hydrazone groups is 1. The van der Waals surface area contributed by atoms with Crippen molar-refractivity contribution < 1.29 is 4.79 Å². The van der Waals surface area contributed by atoms with E-state index < -0.39 is 0 Å². The number of pyridine rings is 1. The van der Waals surface area contributed by atoms with Crippen LogP contribution in [-0.4, -0.2) is 26.9 Å². The van der Waals surface area contributed by atoms with E-state index in [1.54, 1.807) is 18.3 Å². The second kappa shape index (κ2) is 7.53. The van der Waals surface area contributed by atoms with E-state index in [9.17, 15) is 4.79 Å². The molecule has 1 N–H and O–H groups in total. The molecule has 0 spiro atoms. The van der Waals surface area contributed by atoms with E-state index in [0.717, 1.165) is 17.0 Å². The fourth-order valence-corrected chi connectivity index (χ4v) is 2.44. The van der Waals surface area contributed by atoms with Gasteiger partial charge in [0.25, 0.3) is 5.91 Å². The van der Waals surface area contributed by atoms with Gasteiger partial charge in [-0.2, -0.15) is 10.2 Å². The van der Waals surface area contributed by atoms with Gasteiger partial charge in [-0.25, -0.2) is 5.43 Å². The first kappa shape index (κ1) is 16.6. The number of benzene rings is 1. The summed E-state index contributed by atoms with van der Waals surface area (Å²) in [5.41, 5.74) is 6.93. The summed E-state index contributed by atoms with van der Waals surface area (Å²) in [6.07, 6.45) is 3.18. The van der Waals surface area contributed by atoms with Crippen molar-refractivity contribution in [3.05, 3.63) is 82.9 Å². The summed E-state index contributed by atoms with van der Waals surface area (Å²) in [7, 11) is 0. The van der Waals surface area contributed by atoms with Crippen LogP contribution in [0.1, 0.15) is 33.0 Å². The third-order valence-corrected chi connectivity index (χ3v) is 3.70. The van der Waals surface area contributed by atoms with Crippen molar-refractivity contribution in [3.8, 4) is 0 Å². The molecular formula is C19H19N5O. The molecule has 0 atom stereocenters. The summed E-state index contributed by atoms with van der Waals surface area (Å²) in [4.78, 5) is 16.2. The molecule has 3 rings (SSSR count). The molecule has 1 aromatic carbocycles. The molecule has 25 heavy (non-hydrogen) atoms. The summed E-state index contributed by atoms with van der Waals surface area (Å²) in [5.74, 6) is -0.259. The Kier molecular flexibility index (Phi) is 4.99. The Morgan fingerprint density at radius 1 is 1.20 bits per heavy atom. The number of hydrogen-bond acceptors (Lipinski definition) is 4. The van der Waals surface area contributed by atoms with Crippen molar-refractivity contribution >= 4 is 12.1 Å². The van der Waals surface area contributed by atoms with Crippen LogP contribution in [-0.2, 0) is 6.54 Å². The molecule has 0 aliphatic rings. The lowest BCUT2D eigenvalue weighted by atomic mass is 10.1. The van der Waals surface area contributed by atoms with Crippen molar-refractivity contribution in [1.82, 2.24) is 20.2 Å². The van der Waals surface area contributed by atoms with Crippen LogP contribution in [0, 0.1) is 13.8 Å². The minimum absolute atomic E-state index is 0.259. The topological polar surface area (TPSA) is 72.2 Å². The normalized spacial score (nSPS) is 11.0. The monoisotopic (exact) mass is 333 g/mol. The number of aromatic nitrogens is 3. The van der Waals surface area contributed by atoms with Gasteiger partial charge in [0.2, 0.25) is 0 Å². The van der Waals surface area contributed by atoms with Crippen molar-refractivity contribution in [2.24, 2.45) is 5.10 Å². The van der Waals surface area contributed by atoms with E-state index in [4.69, 9.17) is 0 Å². The molecule has 0 unspecified atom stereocenters. The molecule has 126 valence electrons. The van der Waals surface area contributed by atoms with Crippen molar-refractivity contribution in [2.45, 2.75) is 20.4 Å². The molecular weight excluding hydrogens is 314 g/mol. The average Bonchev–Trinajstić information content (AvgIpc) is 2.93. The number of rotatable bonds is 5. The van der Waals surface area contributed by atoms with Crippen LogP contribution < -0.4 is 5.43 Å². The Hall–Kier alpha value is -3.28. The summed E-state index contributed by atoms with van der Waals surface area (Å²) < 4.78 is 1.95. The first-order chi connectivity index (χ1) is 12.1. The van der Waals surface area contributed by atoms with Gasteiger partial charge in [0.1, 0.15) is 0 Å². The van der Waals surface area contributed by atoms with Crippen LogP contribution in [0.3, 0.4) is 0 Å². The first-order valence-electron chi connectivity index (χ1n) is 7.96. The second-order valence-electron chi connectivity index (χ2n) is 5.74. The van der Waals surface area contributed by atoms with Crippen molar-refractivity contribution in [3.63, 3.8) is 0 Å².